The molecular weight excluding hydrogens is 277 g/mol. The van der Waals surface area contributed by atoms with Crippen molar-refractivity contribution in [1.82, 2.24) is 10.2 Å². The Morgan fingerprint density at radius 1 is 1.35 bits per heavy atom. The second kappa shape index (κ2) is 6.91. The summed E-state index contributed by atoms with van der Waals surface area (Å²) >= 11 is 1.37. The fraction of sp³-hybridized carbons (Fsp3) is 0.214. The van der Waals surface area contributed by atoms with Gasteiger partial charge in [-0.3, -0.25) is 10.1 Å². The molecule has 1 amide bonds. The van der Waals surface area contributed by atoms with Gasteiger partial charge in [0.1, 0.15) is 10.8 Å². The van der Waals surface area contributed by atoms with Gasteiger partial charge in [-0.2, -0.15) is 0 Å². The largest absolute Gasteiger partial charge is 0.297 e. The van der Waals surface area contributed by atoms with Crippen LogP contribution in [0.25, 0.3) is 6.08 Å². The Morgan fingerprint density at radius 2 is 2.10 bits per heavy atom. The van der Waals surface area contributed by atoms with Gasteiger partial charge in [-0.05, 0) is 30.2 Å². The normalized spacial score (nSPS) is 10.9. The first kappa shape index (κ1) is 14.3. The minimum atomic E-state index is -0.302. The van der Waals surface area contributed by atoms with Crippen LogP contribution in [0, 0.1) is 5.82 Å². The van der Waals surface area contributed by atoms with Crippen LogP contribution >= 0.6 is 11.3 Å². The van der Waals surface area contributed by atoms with Crippen molar-refractivity contribution in [1.29, 1.82) is 0 Å². The number of anilines is 1. The average molecular weight is 291 g/mol. The highest BCUT2D eigenvalue weighted by molar-refractivity contribution is 7.15. The van der Waals surface area contributed by atoms with Crippen molar-refractivity contribution in [2.45, 2.75) is 19.8 Å². The van der Waals surface area contributed by atoms with E-state index in [4.69, 9.17) is 0 Å². The highest BCUT2D eigenvalue weighted by Gasteiger charge is 2.05. The molecule has 0 radical (unpaired) electrons. The van der Waals surface area contributed by atoms with Crippen molar-refractivity contribution in [3.8, 4) is 0 Å². The molecule has 0 saturated carbocycles. The fourth-order valence-electron chi connectivity index (χ4n) is 1.51. The van der Waals surface area contributed by atoms with Crippen LogP contribution < -0.4 is 5.32 Å². The van der Waals surface area contributed by atoms with E-state index in [1.54, 1.807) is 18.2 Å². The fourth-order valence-corrected chi connectivity index (χ4v) is 2.36. The summed E-state index contributed by atoms with van der Waals surface area (Å²) in [5.41, 5.74) is 0.755. The van der Waals surface area contributed by atoms with Crippen LogP contribution in [0.15, 0.2) is 30.3 Å². The monoisotopic (exact) mass is 291 g/mol. The molecular formula is C14H14FN3OS. The lowest BCUT2D eigenvalue weighted by molar-refractivity contribution is -0.111. The highest BCUT2D eigenvalue weighted by atomic mass is 32.1. The maximum Gasteiger partial charge on any atom is 0.250 e. The SMILES string of the molecule is CCCc1nnc(NC(=O)C=Cc2ccc(F)cc2)s1. The Hall–Kier alpha value is -2.08. The van der Waals surface area contributed by atoms with Gasteiger partial charge >= 0.3 is 0 Å². The number of rotatable bonds is 5. The van der Waals surface area contributed by atoms with Gasteiger partial charge in [-0.15, -0.1) is 10.2 Å². The summed E-state index contributed by atoms with van der Waals surface area (Å²) in [7, 11) is 0. The molecule has 0 spiro atoms. The van der Waals surface area contributed by atoms with Gasteiger partial charge in [0.2, 0.25) is 11.0 Å². The second-order valence-corrected chi connectivity index (χ2v) is 5.19. The minimum absolute atomic E-state index is 0.284. The number of halogens is 1. The molecule has 0 aliphatic heterocycles. The first-order chi connectivity index (χ1) is 9.67. The number of amides is 1. The van der Waals surface area contributed by atoms with Crippen LogP contribution in [0.1, 0.15) is 23.9 Å². The number of carbonyl (C=O) groups is 1. The van der Waals surface area contributed by atoms with Gasteiger partial charge in [0.05, 0.1) is 0 Å². The van der Waals surface area contributed by atoms with Gasteiger partial charge < -0.3 is 0 Å². The van der Waals surface area contributed by atoms with Crippen molar-refractivity contribution in [2.75, 3.05) is 5.32 Å². The van der Waals surface area contributed by atoms with E-state index in [9.17, 15) is 9.18 Å². The number of aryl methyl sites for hydroxylation is 1. The van der Waals surface area contributed by atoms with Crippen LogP contribution in [-0.2, 0) is 11.2 Å². The second-order valence-electron chi connectivity index (χ2n) is 4.13. The summed E-state index contributed by atoms with van der Waals surface area (Å²) < 4.78 is 12.7. The first-order valence-corrected chi connectivity index (χ1v) is 7.06. The third-order valence-electron chi connectivity index (χ3n) is 2.46. The van der Waals surface area contributed by atoms with E-state index in [2.05, 4.69) is 22.4 Å². The number of aromatic nitrogens is 2. The topological polar surface area (TPSA) is 54.9 Å². The third kappa shape index (κ3) is 4.24. The lowest BCUT2D eigenvalue weighted by atomic mass is 10.2. The summed E-state index contributed by atoms with van der Waals surface area (Å²) in [6, 6.07) is 5.89. The number of hydrogen-bond acceptors (Lipinski definition) is 4. The van der Waals surface area contributed by atoms with E-state index in [1.165, 1.54) is 29.5 Å². The number of nitrogens with one attached hydrogen (secondary N) is 1. The molecule has 2 aromatic rings. The molecule has 2 rings (SSSR count). The van der Waals surface area contributed by atoms with Gasteiger partial charge in [-0.25, -0.2) is 4.39 Å². The van der Waals surface area contributed by atoms with E-state index >= 15 is 0 Å². The Balaban J connectivity index is 1.92. The summed E-state index contributed by atoms with van der Waals surface area (Å²) in [6.45, 7) is 2.06. The number of benzene rings is 1. The molecule has 1 aromatic carbocycles. The summed E-state index contributed by atoms with van der Waals surface area (Å²) in [5.74, 6) is -0.586. The first-order valence-electron chi connectivity index (χ1n) is 6.24. The van der Waals surface area contributed by atoms with Gasteiger partial charge in [0, 0.05) is 12.5 Å². The van der Waals surface area contributed by atoms with Gasteiger partial charge in [0.25, 0.3) is 0 Å². The molecule has 0 fully saturated rings. The van der Waals surface area contributed by atoms with Crippen molar-refractivity contribution < 1.29 is 9.18 Å². The molecule has 0 aliphatic carbocycles. The molecule has 0 bridgehead atoms. The number of carbonyl (C=O) groups excluding carboxylic acids is 1. The standard InChI is InChI=1S/C14H14FN3OS/c1-2-3-13-17-18-14(20-13)16-12(19)9-6-10-4-7-11(15)8-5-10/h4-9H,2-3H2,1H3,(H,16,18,19). The Kier molecular flexibility index (Phi) is 4.95. The van der Waals surface area contributed by atoms with E-state index in [1.807, 2.05) is 0 Å². The average Bonchev–Trinajstić information content (AvgIpc) is 2.86. The zero-order valence-electron chi connectivity index (χ0n) is 11.0. The maximum absolute atomic E-state index is 12.7. The van der Waals surface area contributed by atoms with Crippen molar-refractivity contribution in [3.63, 3.8) is 0 Å². The van der Waals surface area contributed by atoms with E-state index in [-0.39, 0.29) is 11.7 Å². The van der Waals surface area contributed by atoms with Gasteiger partial charge in [-0.1, -0.05) is 30.4 Å². The van der Waals surface area contributed by atoms with E-state index in [0.29, 0.717) is 5.13 Å². The van der Waals surface area contributed by atoms with Gasteiger partial charge in [0.15, 0.2) is 0 Å². The van der Waals surface area contributed by atoms with E-state index < -0.39 is 0 Å². The molecule has 1 N–H and O–H groups in total. The van der Waals surface area contributed by atoms with Crippen molar-refractivity contribution in [3.05, 3.63) is 46.7 Å². The highest BCUT2D eigenvalue weighted by Crippen LogP contribution is 2.16. The predicted octanol–water partition coefficient (Wildman–Crippen LogP) is 3.28. The van der Waals surface area contributed by atoms with Crippen LogP contribution in [0.5, 0.6) is 0 Å². The quantitative estimate of drug-likeness (QED) is 0.860. The molecule has 0 atom stereocenters. The predicted molar refractivity (Wildman–Crippen MR) is 78.0 cm³/mol. The molecule has 0 aliphatic rings. The van der Waals surface area contributed by atoms with Crippen LogP contribution in [0.4, 0.5) is 9.52 Å². The third-order valence-corrected chi connectivity index (χ3v) is 3.36. The Labute approximate surface area is 120 Å². The maximum atomic E-state index is 12.7. The van der Waals surface area contributed by atoms with Crippen LogP contribution in [-0.4, -0.2) is 16.1 Å². The number of nitrogens with zero attached hydrogens (tertiary/aromatic N) is 2. The van der Waals surface area contributed by atoms with Crippen LogP contribution in [0.3, 0.4) is 0 Å². The van der Waals surface area contributed by atoms with Crippen LogP contribution in [0.2, 0.25) is 0 Å². The minimum Gasteiger partial charge on any atom is -0.297 e. The van der Waals surface area contributed by atoms with Crippen molar-refractivity contribution >= 4 is 28.5 Å². The molecule has 20 heavy (non-hydrogen) atoms. The number of hydrogen-bond donors (Lipinski definition) is 1. The molecule has 4 nitrogen and oxygen atoms in total. The summed E-state index contributed by atoms with van der Waals surface area (Å²) in [5, 5.41) is 11.9. The summed E-state index contributed by atoms with van der Waals surface area (Å²) in [4.78, 5) is 11.7. The van der Waals surface area contributed by atoms with Crippen molar-refractivity contribution in [2.24, 2.45) is 0 Å². The molecule has 0 saturated heterocycles. The zero-order chi connectivity index (χ0) is 14.4. The molecule has 1 aromatic heterocycles. The molecule has 0 unspecified atom stereocenters. The molecule has 6 heteroatoms. The molecule has 1 heterocycles. The Bertz CT molecular complexity index is 607. The summed E-state index contributed by atoms with van der Waals surface area (Å²) in [6.07, 6.45) is 4.85. The lowest BCUT2D eigenvalue weighted by Gasteiger charge is -1.95. The zero-order valence-corrected chi connectivity index (χ0v) is 11.8. The lowest BCUT2D eigenvalue weighted by Crippen LogP contribution is -2.07. The molecule has 104 valence electrons. The smallest absolute Gasteiger partial charge is 0.250 e. The van der Waals surface area contributed by atoms with E-state index in [0.717, 1.165) is 23.4 Å². The Morgan fingerprint density at radius 3 is 2.80 bits per heavy atom.